The minimum atomic E-state index is 0.0712. The molecule has 3 rings (SSSR count). The number of piperidine rings is 1. The fraction of sp³-hybridized carbons (Fsp3) is 0.500. The highest BCUT2D eigenvalue weighted by atomic mass is 32.2. The molecule has 0 saturated carbocycles. The lowest BCUT2D eigenvalue weighted by Crippen LogP contribution is -2.41. The largest absolute Gasteiger partial charge is 0.337 e. The van der Waals surface area contributed by atoms with Crippen LogP contribution in [0.25, 0.3) is 0 Å². The summed E-state index contributed by atoms with van der Waals surface area (Å²) in [5, 5.41) is 1.87. The number of likely N-dealkylation sites (tertiary alicyclic amines) is 1. The Morgan fingerprint density at radius 1 is 1.57 bits per heavy atom. The van der Waals surface area contributed by atoms with E-state index in [0.717, 1.165) is 36.8 Å². The lowest BCUT2D eigenvalue weighted by molar-refractivity contribution is 0.0656. The molecule has 0 aromatic carbocycles. The lowest BCUT2D eigenvalue weighted by atomic mass is 9.97. The summed E-state index contributed by atoms with van der Waals surface area (Å²) in [5.41, 5.74) is 0.590. The van der Waals surface area contributed by atoms with E-state index in [1.165, 1.54) is 11.3 Å². The summed E-state index contributed by atoms with van der Waals surface area (Å²) in [4.78, 5) is 22.9. The number of aromatic nitrogens is 3. The first-order chi connectivity index (χ1) is 10.3. The molecule has 5 nitrogen and oxygen atoms in total. The predicted molar refractivity (Wildman–Crippen MR) is 84.7 cm³/mol. The molecule has 1 atom stereocenters. The van der Waals surface area contributed by atoms with E-state index in [-0.39, 0.29) is 5.91 Å². The van der Waals surface area contributed by atoms with Crippen molar-refractivity contribution < 1.29 is 4.79 Å². The van der Waals surface area contributed by atoms with Crippen LogP contribution in [0.3, 0.4) is 0 Å². The van der Waals surface area contributed by atoms with Gasteiger partial charge < -0.3 is 9.47 Å². The van der Waals surface area contributed by atoms with Gasteiger partial charge in [0.25, 0.3) is 5.91 Å². The van der Waals surface area contributed by atoms with Crippen molar-refractivity contribution in [2.75, 3.05) is 19.3 Å². The van der Waals surface area contributed by atoms with E-state index in [1.807, 2.05) is 29.1 Å². The van der Waals surface area contributed by atoms with Gasteiger partial charge in [0.15, 0.2) is 0 Å². The molecule has 0 aliphatic carbocycles. The number of amides is 1. The minimum Gasteiger partial charge on any atom is -0.337 e. The Labute approximate surface area is 132 Å². The van der Waals surface area contributed by atoms with Gasteiger partial charge in [-0.1, -0.05) is 11.8 Å². The zero-order valence-electron chi connectivity index (χ0n) is 11.9. The van der Waals surface area contributed by atoms with Crippen molar-refractivity contribution >= 4 is 29.0 Å². The molecule has 3 heterocycles. The van der Waals surface area contributed by atoms with Gasteiger partial charge in [-0.2, -0.15) is 0 Å². The molecule has 112 valence electrons. The SMILES string of the molecule is CSc1nc(C(=O)N2CCC[C@@H](Cn3ccnc3)C2)cs1. The zero-order valence-corrected chi connectivity index (χ0v) is 13.6. The van der Waals surface area contributed by atoms with Crippen molar-refractivity contribution in [2.24, 2.45) is 5.92 Å². The van der Waals surface area contributed by atoms with Crippen LogP contribution < -0.4 is 0 Å². The molecule has 2 aromatic heterocycles. The molecule has 1 amide bonds. The van der Waals surface area contributed by atoms with E-state index < -0.39 is 0 Å². The van der Waals surface area contributed by atoms with Gasteiger partial charge in [0, 0.05) is 37.4 Å². The van der Waals surface area contributed by atoms with Crippen molar-refractivity contribution in [2.45, 2.75) is 23.7 Å². The maximum atomic E-state index is 12.5. The standard InChI is InChI=1S/C14H18N4OS2/c1-20-14-16-12(9-21-14)13(19)18-5-2-3-11(8-18)7-17-6-4-15-10-17/h4,6,9-11H,2-3,5,7-8H2,1H3/t11-/m0/s1. The van der Waals surface area contributed by atoms with E-state index in [9.17, 15) is 4.79 Å². The molecule has 0 spiro atoms. The fourth-order valence-electron chi connectivity index (χ4n) is 2.70. The Morgan fingerprint density at radius 3 is 3.19 bits per heavy atom. The first kappa shape index (κ1) is 14.6. The summed E-state index contributed by atoms with van der Waals surface area (Å²) >= 11 is 3.12. The average molecular weight is 322 g/mol. The number of thioether (sulfide) groups is 1. The molecule has 7 heteroatoms. The van der Waals surface area contributed by atoms with E-state index in [2.05, 4.69) is 14.5 Å². The Morgan fingerprint density at radius 2 is 2.48 bits per heavy atom. The second-order valence-electron chi connectivity index (χ2n) is 5.22. The lowest BCUT2D eigenvalue weighted by Gasteiger charge is -2.32. The highest BCUT2D eigenvalue weighted by Gasteiger charge is 2.26. The van der Waals surface area contributed by atoms with Gasteiger partial charge in [-0.3, -0.25) is 4.79 Å². The summed E-state index contributed by atoms with van der Waals surface area (Å²) in [7, 11) is 0. The summed E-state index contributed by atoms with van der Waals surface area (Å²) in [6.07, 6.45) is 9.82. The highest BCUT2D eigenvalue weighted by molar-refractivity contribution is 8.00. The van der Waals surface area contributed by atoms with Crippen LogP contribution in [0, 0.1) is 5.92 Å². The maximum Gasteiger partial charge on any atom is 0.273 e. The molecular formula is C14H18N4OS2. The number of imidazole rings is 1. The van der Waals surface area contributed by atoms with E-state index >= 15 is 0 Å². The van der Waals surface area contributed by atoms with Crippen molar-refractivity contribution in [1.82, 2.24) is 19.4 Å². The van der Waals surface area contributed by atoms with Crippen LogP contribution >= 0.6 is 23.1 Å². The van der Waals surface area contributed by atoms with Crippen LogP contribution in [0.4, 0.5) is 0 Å². The third-order valence-corrected chi connectivity index (χ3v) is 5.57. The third-order valence-electron chi connectivity index (χ3n) is 3.71. The van der Waals surface area contributed by atoms with Crippen molar-refractivity contribution in [3.05, 3.63) is 29.8 Å². The number of hydrogen-bond donors (Lipinski definition) is 0. The zero-order chi connectivity index (χ0) is 14.7. The van der Waals surface area contributed by atoms with Crippen LogP contribution in [0.5, 0.6) is 0 Å². The topological polar surface area (TPSA) is 51.0 Å². The minimum absolute atomic E-state index is 0.0712. The van der Waals surface area contributed by atoms with Crippen LogP contribution in [0.1, 0.15) is 23.3 Å². The van der Waals surface area contributed by atoms with Crippen LogP contribution in [-0.2, 0) is 6.54 Å². The Hall–Kier alpha value is -1.34. The van der Waals surface area contributed by atoms with Gasteiger partial charge in [0.2, 0.25) is 0 Å². The summed E-state index contributed by atoms with van der Waals surface area (Å²) in [6.45, 7) is 2.57. The predicted octanol–water partition coefficient (Wildman–Crippen LogP) is 2.61. The Kier molecular flexibility index (Phi) is 4.60. The highest BCUT2D eigenvalue weighted by Crippen LogP contribution is 2.23. The number of carbonyl (C=O) groups excluding carboxylic acids is 1. The molecular weight excluding hydrogens is 304 g/mol. The Bertz CT molecular complexity index is 596. The third kappa shape index (κ3) is 3.47. The number of carbonyl (C=O) groups is 1. The van der Waals surface area contributed by atoms with Gasteiger partial charge >= 0.3 is 0 Å². The van der Waals surface area contributed by atoms with Gasteiger partial charge in [-0.15, -0.1) is 11.3 Å². The van der Waals surface area contributed by atoms with Crippen LogP contribution in [0.15, 0.2) is 28.4 Å². The summed E-state index contributed by atoms with van der Waals surface area (Å²) in [6, 6.07) is 0. The van der Waals surface area contributed by atoms with Crippen LogP contribution in [-0.4, -0.2) is 44.7 Å². The second kappa shape index (κ2) is 6.62. The molecule has 0 radical (unpaired) electrons. The number of nitrogens with zero attached hydrogens (tertiary/aromatic N) is 4. The van der Waals surface area contributed by atoms with Crippen LogP contribution in [0.2, 0.25) is 0 Å². The van der Waals surface area contributed by atoms with Crippen molar-refractivity contribution in [3.8, 4) is 0 Å². The second-order valence-corrected chi connectivity index (χ2v) is 7.13. The van der Waals surface area contributed by atoms with Crippen molar-refractivity contribution in [1.29, 1.82) is 0 Å². The monoisotopic (exact) mass is 322 g/mol. The average Bonchev–Trinajstić information content (AvgIpc) is 3.17. The van der Waals surface area contributed by atoms with E-state index in [1.54, 1.807) is 18.0 Å². The van der Waals surface area contributed by atoms with Gasteiger partial charge in [0.05, 0.1) is 6.33 Å². The number of thiazole rings is 1. The first-order valence-electron chi connectivity index (χ1n) is 7.01. The Balaban J connectivity index is 1.63. The normalized spacial score (nSPS) is 18.9. The number of hydrogen-bond acceptors (Lipinski definition) is 5. The van der Waals surface area contributed by atoms with Gasteiger partial charge in [0.1, 0.15) is 10.0 Å². The molecule has 0 bridgehead atoms. The van der Waals surface area contributed by atoms with Gasteiger partial charge in [-0.25, -0.2) is 9.97 Å². The molecule has 1 aliphatic rings. The molecule has 21 heavy (non-hydrogen) atoms. The molecule has 1 saturated heterocycles. The maximum absolute atomic E-state index is 12.5. The summed E-state index contributed by atoms with van der Waals surface area (Å²) < 4.78 is 3.04. The van der Waals surface area contributed by atoms with Crippen molar-refractivity contribution in [3.63, 3.8) is 0 Å². The molecule has 0 unspecified atom stereocenters. The summed E-state index contributed by atoms with van der Waals surface area (Å²) in [5.74, 6) is 0.567. The van der Waals surface area contributed by atoms with E-state index in [0.29, 0.717) is 11.6 Å². The number of rotatable bonds is 4. The fourth-order valence-corrected chi connectivity index (χ4v) is 3.94. The molecule has 2 aromatic rings. The molecule has 1 aliphatic heterocycles. The molecule has 1 fully saturated rings. The molecule has 0 N–H and O–H groups in total. The quantitative estimate of drug-likeness (QED) is 0.812. The smallest absolute Gasteiger partial charge is 0.273 e. The first-order valence-corrected chi connectivity index (χ1v) is 9.11. The van der Waals surface area contributed by atoms with E-state index in [4.69, 9.17) is 0 Å². The van der Waals surface area contributed by atoms with Gasteiger partial charge in [-0.05, 0) is 25.0 Å².